The SMILES string of the molecule is CCn1ncnc1Cn1ccc2ccc(Br)cc21. The molecule has 18 heavy (non-hydrogen) atoms. The predicted octanol–water partition coefficient (Wildman–Crippen LogP) is 3.06. The van der Waals surface area contributed by atoms with Crippen LogP contribution in [0.2, 0.25) is 0 Å². The van der Waals surface area contributed by atoms with Gasteiger partial charge in [-0.3, -0.25) is 0 Å². The number of fused-ring (bicyclic) bond motifs is 1. The molecule has 4 nitrogen and oxygen atoms in total. The molecule has 0 aliphatic rings. The van der Waals surface area contributed by atoms with Gasteiger partial charge in [-0.25, -0.2) is 9.67 Å². The second-order valence-electron chi connectivity index (χ2n) is 4.14. The predicted molar refractivity (Wildman–Crippen MR) is 74.4 cm³/mol. The second kappa shape index (κ2) is 4.57. The van der Waals surface area contributed by atoms with Gasteiger partial charge in [0.2, 0.25) is 0 Å². The maximum atomic E-state index is 4.31. The minimum Gasteiger partial charge on any atom is -0.340 e. The average molecular weight is 305 g/mol. The van der Waals surface area contributed by atoms with Crippen LogP contribution in [-0.4, -0.2) is 19.3 Å². The van der Waals surface area contributed by atoms with Crippen molar-refractivity contribution in [3.63, 3.8) is 0 Å². The standard InChI is InChI=1S/C13H13BrN4/c1-2-18-13(15-9-16-18)8-17-6-5-10-3-4-11(14)7-12(10)17/h3-7,9H,2,8H2,1H3. The summed E-state index contributed by atoms with van der Waals surface area (Å²) in [4.78, 5) is 4.31. The van der Waals surface area contributed by atoms with Crippen molar-refractivity contribution in [1.82, 2.24) is 19.3 Å². The van der Waals surface area contributed by atoms with Crippen LogP contribution in [0.25, 0.3) is 10.9 Å². The normalized spacial score (nSPS) is 11.2. The molecule has 0 saturated heterocycles. The summed E-state index contributed by atoms with van der Waals surface area (Å²) in [6.07, 6.45) is 3.70. The van der Waals surface area contributed by atoms with Crippen molar-refractivity contribution in [1.29, 1.82) is 0 Å². The van der Waals surface area contributed by atoms with Crippen LogP contribution >= 0.6 is 15.9 Å². The van der Waals surface area contributed by atoms with E-state index in [1.165, 1.54) is 10.9 Å². The fourth-order valence-electron chi connectivity index (χ4n) is 2.12. The highest BCUT2D eigenvalue weighted by Gasteiger charge is 2.06. The first-order chi connectivity index (χ1) is 8.78. The van der Waals surface area contributed by atoms with E-state index in [1.54, 1.807) is 6.33 Å². The lowest BCUT2D eigenvalue weighted by molar-refractivity contribution is 0.597. The van der Waals surface area contributed by atoms with Crippen LogP contribution in [0.5, 0.6) is 0 Å². The van der Waals surface area contributed by atoms with Crippen LogP contribution < -0.4 is 0 Å². The van der Waals surface area contributed by atoms with Crippen molar-refractivity contribution in [2.75, 3.05) is 0 Å². The zero-order chi connectivity index (χ0) is 12.5. The van der Waals surface area contributed by atoms with Crippen molar-refractivity contribution in [2.45, 2.75) is 20.0 Å². The number of halogens is 1. The van der Waals surface area contributed by atoms with Crippen LogP contribution in [0.4, 0.5) is 0 Å². The summed E-state index contributed by atoms with van der Waals surface area (Å²) < 4.78 is 5.20. The van der Waals surface area contributed by atoms with Crippen LogP contribution in [0.15, 0.2) is 41.3 Å². The van der Waals surface area contributed by atoms with Gasteiger partial charge in [0, 0.05) is 22.7 Å². The largest absolute Gasteiger partial charge is 0.340 e. The molecular formula is C13H13BrN4. The summed E-state index contributed by atoms with van der Waals surface area (Å²) in [5.74, 6) is 0.981. The van der Waals surface area contributed by atoms with E-state index in [0.29, 0.717) is 0 Å². The number of rotatable bonds is 3. The summed E-state index contributed by atoms with van der Waals surface area (Å²) >= 11 is 3.51. The molecule has 92 valence electrons. The third-order valence-electron chi connectivity index (χ3n) is 3.04. The summed E-state index contributed by atoms with van der Waals surface area (Å²) in [6.45, 7) is 3.66. The molecular weight excluding hydrogens is 292 g/mol. The molecule has 5 heteroatoms. The zero-order valence-corrected chi connectivity index (χ0v) is 11.6. The lowest BCUT2D eigenvalue weighted by Gasteiger charge is -2.06. The molecule has 1 aromatic carbocycles. The third kappa shape index (κ3) is 1.95. The molecule has 0 spiro atoms. The van der Waals surface area contributed by atoms with Crippen LogP contribution in [0.3, 0.4) is 0 Å². The van der Waals surface area contributed by atoms with E-state index in [9.17, 15) is 0 Å². The first kappa shape index (κ1) is 11.5. The van der Waals surface area contributed by atoms with Crippen molar-refractivity contribution < 1.29 is 0 Å². The Kier molecular flexibility index (Phi) is 2.91. The zero-order valence-electron chi connectivity index (χ0n) is 10.0. The average Bonchev–Trinajstić information content (AvgIpc) is 2.97. The molecule has 0 saturated carbocycles. The third-order valence-corrected chi connectivity index (χ3v) is 3.54. The molecule has 0 aliphatic heterocycles. The molecule has 0 fully saturated rings. The van der Waals surface area contributed by atoms with Gasteiger partial charge >= 0.3 is 0 Å². The van der Waals surface area contributed by atoms with Gasteiger partial charge in [-0.1, -0.05) is 22.0 Å². The molecule has 3 aromatic rings. The summed E-state index contributed by atoms with van der Waals surface area (Å²) in [7, 11) is 0. The fourth-order valence-corrected chi connectivity index (χ4v) is 2.47. The van der Waals surface area contributed by atoms with Crippen LogP contribution in [0.1, 0.15) is 12.7 Å². The van der Waals surface area contributed by atoms with E-state index in [1.807, 2.05) is 4.68 Å². The fraction of sp³-hybridized carbons (Fsp3) is 0.231. The highest BCUT2D eigenvalue weighted by atomic mass is 79.9. The van der Waals surface area contributed by atoms with Gasteiger partial charge in [-0.2, -0.15) is 5.10 Å². The van der Waals surface area contributed by atoms with Crippen molar-refractivity contribution >= 4 is 26.8 Å². The number of benzene rings is 1. The van der Waals surface area contributed by atoms with Crippen LogP contribution in [-0.2, 0) is 13.1 Å². The van der Waals surface area contributed by atoms with Gasteiger partial charge in [0.15, 0.2) is 0 Å². The number of hydrogen-bond acceptors (Lipinski definition) is 2. The molecule has 0 atom stereocenters. The molecule has 0 bridgehead atoms. The minimum absolute atomic E-state index is 0.744. The van der Waals surface area contributed by atoms with E-state index in [-0.39, 0.29) is 0 Å². The second-order valence-corrected chi connectivity index (χ2v) is 5.05. The van der Waals surface area contributed by atoms with Crippen molar-refractivity contribution in [3.8, 4) is 0 Å². The smallest absolute Gasteiger partial charge is 0.146 e. The van der Waals surface area contributed by atoms with E-state index < -0.39 is 0 Å². The Bertz CT molecular complexity index is 683. The minimum atomic E-state index is 0.744. The highest BCUT2D eigenvalue weighted by Crippen LogP contribution is 2.21. The van der Waals surface area contributed by atoms with Crippen LogP contribution in [0, 0.1) is 0 Å². The van der Waals surface area contributed by atoms with E-state index >= 15 is 0 Å². The van der Waals surface area contributed by atoms with E-state index in [0.717, 1.165) is 23.4 Å². The van der Waals surface area contributed by atoms with E-state index in [4.69, 9.17) is 0 Å². The van der Waals surface area contributed by atoms with Gasteiger partial charge in [0.05, 0.1) is 6.54 Å². The van der Waals surface area contributed by atoms with Gasteiger partial charge in [-0.05, 0) is 30.5 Å². The maximum Gasteiger partial charge on any atom is 0.146 e. The Hall–Kier alpha value is -1.62. The first-order valence-corrected chi connectivity index (χ1v) is 6.68. The van der Waals surface area contributed by atoms with Gasteiger partial charge < -0.3 is 4.57 Å². The van der Waals surface area contributed by atoms with Gasteiger partial charge in [0.25, 0.3) is 0 Å². The maximum absolute atomic E-state index is 4.31. The topological polar surface area (TPSA) is 35.6 Å². The Balaban J connectivity index is 2.02. The molecule has 0 amide bonds. The summed E-state index contributed by atoms with van der Waals surface area (Å²) in [5.41, 5.74) is 1.20. The molecule has 0 radical (unpaired) electrons. The number of aryl methyl sites for hydroxylation is 1. The highest BCUT2D eigenvalue weighted by molar-refractivity contribution is 9.10. The first-order valence-electron chi connectivity index (χ1n) is 5.89. The number of nitrogens with zero attached hydrogens (tertiary/aromatic N) is 4. The Labute approximate surface area is 113 Å². The molecule has 2 aromatic heterocycles. The quantitative estimate of drug-likeness (QED) is 0.745. The Morgan fingerprint density at radius 1 is 1.28 bits per heavy atom. The monoisotopic (exact) mass is 304 g/mol. The molecule has 0 aliphatic carbocycles. The van der Waals surface area contributed by atoms with Crippen molar-refractivity contribution in [2.24, 2.45) is 0 Å². The number of hydrogen-bond donors (Lipinski definition) is 0. The Morgan fingerprint density at radius 2 is 2.17 bits per heavy atom. The van der Waals surface area contributed by atoms with Crippen molar-refractivity contribution in [3.05, 3.63) is 47.1 Å². The lowest BCUT2D eigenvalue weighted by atomic mass is 10.2. The summed E-state index contributed by atoms with van der Waals surface area (Å²) in [6, 6.07) is 8.41. The number of aromatic nitrogens is 4. The molecule has 3 rings (SSSR count). The van der Waals surface area contributed by atoms with E-state index in [2.05, 4.69) is 68.0 Å². The summed E-state index contributed by atoms with van der Waals surface area (Å²) in [5, 5.41) is 5.43. The molecule has 0 unspecified atom stereocenters. The lowest BCUT2D eigenvalue weighted by Crippen LogP contribution is -2.08. The molecule has 2 heterocycles. The van der Waals surface area contributed by atoms with Gasteiger partial charge in [0.1, 0.15) is 12.2 Å². The van der Waals surface area contributed by atoms with Gasteiger partial charge in [-0.15, -0.1) is 0 Å². The molecule has 0 N–H and O–H groups in total. The Morgan fingerprint density at radius 3 is 3.00 bits per heavy atom.